The van der Waals surface area contributed by atoms with Crippen LogP contribution in [0.4, 0.5) is 5.82 Å². The normalized spacial score (nSPS) is 15.2. The lowest BCUT2D eigenvalue weighted by Crippen LogP contribution is -2.04. The molecule has 0 aromatic carbocycles. The summed E-state index contributed by atoms with van der Waals surface area (Å²) >= 11 is 2.24. The van der Waals surface area contributed by atoms with Gasteiger partial charge in [0.15, 0.2) is 5.82 Å². The van der Waals surface area contributed by atoms with Crippen molar-refractivity contribution < 1.29 is 0 Å². The molecule has 2 N–H and O–H groups in total. The first kappa shape index (κ1) is 12.8. The summed E-state index contributed by atoms with van der Waals surface area (Å²) in [5.41, 5.74) is 8.03. The smallest absolute Gasteiger partial charge is 0.165 e. The average molecular weight is 369 g/mol. The van der Waals surface area contributed by atoms with Crippen LogP contribution in [0.3, 0.4) is 0 Å². The molecule has 0 saturated heterocycles. The van der Waals surface area contributed by atoms with Crippen molar-refractivity contribution in [2.45, 2.75) is 38.6 Å². The van der Waals surface area contributed by atoms with E-state index in [2.05, 4.69) is 51.5 Å². The molecule has 2 heterocycles. The molecule has 6 heteroatoms. The Hall–Kier alpha value is -1.18. The summed E-state index contributed by atoms with van der Waals surface area (Å²) in [7, 11) is 0. The Morgan fingerprint density at radius 1 is 1.37 bits per heavy atom. The van der Waals surface area contributed by atoms with Crippen LogP contribution in [0.5, 0.6) is 0 Å². The second kappa shape index (κ2) is 4.73. The zero-order valence-electron chi connectivity index (χ0n) is 11.0. The molecule has 0 spiro atoms. The molecule has 100 valence electrons. The van der Waals surface area contributed by atoms with Gasteiger partial charge in [0.2, 0.25) is 0 Å². The lowest BCUT2D eigenvalue weighted by molar-refractivity contribution is 0.532. The molecule has 3 rings (SSSR count). The number of aromatic nitrogens is 4. The second-order valence-electron chi connectivity index (χ2n) is 5.21. The maximum atomic E-state index is 6.01. The maximum absolute atomic E-state index is 6.01. The molecule has 0 radical (unpaired) electrons. The number of anilines is 1. The zero-order chi connectivity index (χ0) is 13.6. The van der Waals surface area contributed by atoms with Gasteiger partial charge in [0, 0.05) is 18.2 Å². The molecular formula is C13H16IN5. The number of hydrogen-bond acceptors (Lipinski definition) is 4. The SMILES string of the molecule is CC(C)n1cc(-c2nc(N)c(I)c(C3CC3)n2)cn1. The van der Waals surface area contributed by atoms with Gasteiger partial charge in [-0.3, -0.25) is 4.68 Å². The van der Waals surface area contributed by atoms with Crippen molar-refractivity contribution in [3.8, 4) is 11.4 Å². The molecule has 0 unspecified atom stereocenters. The summed E-state index contributed by atoms with van der Waals surface area (Å²) in [4.78, 5) is 9.08. The summed E-state index contributed by atoms with van der Waals surface area (Å²) in [6.45, 7) is 4.19. The van der Waals surface area contributed by atoms with E-state index in [1.165, 1.54) is 12.8 Å². The quantitative estimate of drug-likeness (QED) is 0.845. The summed E-state index contributed by atoms with van der Waals surface area (Å²) in [6, 6.07) is 0.331. The van der Waals surface area contributed by atoms with Crippen LogP contribution < -0.4 is 5.73 Å². The molecule has 1 aliphatic carbocycles. The fourth-order valence-electron chi connectivity index (χ4n) is 1.97. The van der Waals surface area contributed by atoms with Gasteiger partial charge in [-0.2, -0.15) is 5.10 Å². The molecule has 0 aliphatic heterocycles. The van der Waals surface area contributed by atoms with Crippen LogP contribution in [0.2, 0.25) is 0 Å². The topological polar surface area (TPSA) is 69.6 Å². The molecular weight excluding hydrogens is 353 g/mol. The summed E-state index contributed by atoms with van der Waals surface area (Å²) in [5.74, 6) is 1.83. The Labute approximate surface area is 125 Å². The zero-order valence-corrected chi connectivity index (χ0v) is 13.1. The summed E-state index contributed by atoms with van der Waals surface area (Å²) in [6.07, 6.45) is 6.19. The molecule has 2 aromatic heterocycles. The van der Waals surface area contributed by atoms with E-state index in [1.807, 2.05) is 10.9 Å². The van der Waals surface area contributed by atoms with Gasteiger partial charge >= 0.3 is 0 Å². The van der Waals surface area contributed by atoms with Crippen LogP contribution >= 0.6 is 22.6 Å². The fourth-order valence-corrected chi connectivity index (χ4v) is 2.66. The first-order chi connectivity index (χ1) is 9.06. The van der Waals surface area contributed by atoms with Gasteiger partial charge in [-0.15, -0.1) is 0 Å². The lowest BCUT2D eigenvalue weighted by Gasteiger charge is -2.07. The van der Waals surface area contributed by atoms with Crippen LogP contribution in [0.25, 0.3) is 11.4 Å². The highest BCUT2D eigenvalue weighted by atomic mass is 127. The second-order valence-corrected chi connectivity index (χ2v) is 6.29. The molecule has 2 aromatic rings. The number of rotatable bonds is 3. The Morgan fingerprint density at radius 2 is 2.11 bits per heavy atom. The molecule has 1 saturated carbocycles. The van der Waals surface area contributed by atoms with Crippen molar-refractivity contribution in [3.63, 3.8) is 0 Å². The van der Waals surface area contributed by atoms with Crippen LogP contribution in [-0.2, 0) is 0 Å². The molecule has 1 fully saturated rings. The van der Waals surface area contributed by atoms with Gasteiger partial charge in [-0.05, 0) is 49.3 Å². The van der Waals surface area contributed by atoms with Crippen molar-refractivity contribution >= 4 is 28.4 Å². The molecule has 1 aliphatic rings. The van der Waals surface area contributed by atoms with E-state index in [1.54, 1.807) is 6.20 Å². The van der Waals surface area contributed by atoms with Crippen molar-refractivity contribution in [1.82, 2.24) is 19.7 Å². The number of nitrogens with zero attached hydrogens (tertiary/aromatic N) is 4. The third-order valence-electron chi connectivity index (χ3n) is 3.26. The first-order valence-electron chi connectivity index (χ1n) is 6.43. The maximum Gasteiger partial charge on any atom is 0.165 e. The Balaban J connectivity index is 2.04. The van der Waals surface area contributed by atoms with E-state index in [0.717, 1.165) is 14.8 Å². The van der Waals surface area contributed by atoms with Gasteiger partial charge in [0.1, 0.15) is 5.82 Å². The highest BCUT2D eigenvalue weighted by Crippen LogP contribution is 2.42. The third kappa shape index (κ3) is 2.45. The summed E-state index contributed by atoms with van der Waals surface area (Å²) < 4.78 is 2.91. The predicted molar refractivity (Wildman–Crippen MR) is 82.7 cm³/mol. The fraction of sp³-hybridized carbons (Fsp3) is 0.462. The van der Waals surface area contributed by atoms with Crippen molar-refractivity contribution in [3.05, 3.63) is 21.7 Å². The van der Waals surface area contributed by atoms with E-state index in [-0.39, 0.29) is 0 Å². The van der Waals surface area contributed by atoms with Gasteiger partial charge in [0.25, 0.3) is 0 Å². The van der Waals surface area contributed by atoms with Gasteiger partial charge in [-0.1, -0.05) is 0 Å². The summed E-state index contributed by atoms with van der Waals surface area (Å²) in [5, 5.41) is 4.33. The standard InChI is InChI=1S/C13H16IN5/c1-7(2)19-6-9(5-16-19)13-17-11(8-3-4-8)10(14)12(15)18-13/h5-8H,3-4H2,1-2H3,(H2,15,17,18). The molecule has 19 heavy (non-hydrogen) atoms. The van der Waals surface area contributed by atoms with E-state index in [9.17, 15) is 0 Å². The average Bonchev–Trinajstić information content (AvgIpc) is 3.08. The van der Waals surface area contributed by atoms with Crippen LogP contribution in [-0.4, -0.2) is 19.7 Å². The minimum absolute atomic E-state index is 0.331. The number of halogens is 1. The molecule has 0 atom stereocenters. The lowest BCUT2D eigenvalue weighted by atomic mass is 10.2. The van der Waals surface area contributed by atoms with Crippen LogP contribution in [0.15, 0.2) is 12.4 Å². The van der Waals surface area contributed by atoms with E-state index < -0.39 is 0 Å². The molecule has 0 bridgehead atoms. The largest absolute Gasteiger partial charge is 0.383 e. The highest BCUT2D eigenvalue weighted by Gasteiger charge is 2.29. The predicted octanol–water partition coefficient (Wildman–Crippen LogP) is 2.99. The Morgan fingerprint density at radius 3 is 2.68 bits per heavy atom. The van der Waals surface area contributed by atoms with Crippen molar-refractivity contribution in [2.24, 2.45) is 0 Å². The van der Waals surface area contributed by atoms with E-state index in [4.69, 9.17) is 5.73 Å². The Bertz CT molecular complexity index is 615. The molecule has 5 nitrogen and oxygen atoms in total. The first-order valence-corrected chi connectivity index (χ1v) is 7.51. The van der Waals surface area contributed by atoms with Crippen LogP contribution in [0, 0.1) is 3.57 Å². The van der Waals surface area contributed by atoms with Crippen molar-refractivity contribution in [1.29, 1.82) is 0 Å². The van der Waals surface area contributed by atoms with Crippen molar-refractivity contribution in [2.75, 3.05) is 5.73 Å². The number of nitrogens with two attached hydrogens (primary N) is 1. The minimum Gasteiger partial charge on any atom is -0.383 e. The van der Waals surface area contributed by atoms with Gasteiger partial charge < -0.3 is 5.73 Å². The molecule has 0 amide bonds. The monoisotopic (exact) mass is 369 g/mol. The van der Waals surface area contributed by atoms with Crippen LogP contribution in [0.1, 0.15) is 44.3 Å². The third-order valence-corrected chi connectivity index (χ3v) is 4.36. The van der Waals surface area contributed by atoms with E-state index in [0.29, 0.717) is 23.6 Å². The van der Waals surface area contributed by atoms with E-state index >= 15 is 0 Å². The Kier molecular flexibility index (Phi) is 3.20. The van der Waals surface area contributed by atoms with Gasteiger partial charge in [-0.25, -0.2) is 9.97 Å². The van der Waals surface area contributed by atoms with Gasteiger partial charge in [0.05, 0.1) is 21.0 Å². The number of nitrogen functional groups attached to an aromatic ring is 1. The minimum atomic E-state index is 0.331. The highest BCUT2D eigenvalue weighted by molar-refractivity contribution is 14.1. The number of hydrogen-bond donors (Lipinski definition) is 1.